The maximum Gasteiger partial charge on any atom is 0.325 e. The fourth-order valence-electron chi connectivity index (χ4n) is 3.70. The second-order valence-corrected chi connectivity index (χ2v) is 7.13. The molecule has 3 N–H and O–H groups in total. The van der Waals surface area contributed by atoms with E-state index in [1.807, 2.05) is 0 Å². The van der Waals surface area contributed by atoms with Crippen molar-refractivity contribution in [1.82, 2.24) is 10.2 Å². The number of benzene rings is 2. The number of carbonyl (C=O) groups excluding carboxylic acids is 4. The number of rotatable bonds is 4. The average molecular weight is 408 g/mol. The number of carbonyl (C=O) groups is 4. The summed E-state index contributed by atoms with van der Waals surface area (Å²) >= 11 is 0. The summed E-state index contributed by atoms with van der Waals surface area (Å²) in [7, 11) is 0. The molecule has 0 radical (unpaired) electrons. The molecule has 2 aliphatic heterocycles. The Labute approximate surface area is 172 Å². The van der Waals surface area contributed by atoms with Crippen molar-refractivity contribution >= 4 is 35.1 Å². The van der Waals surface area contributed by atoms with Gasteiger partial charge in [-0.1, -0.05) is 18.2 Å². The van der Waals surface area contributed by atoms with Crippen LogP contribution in [0.5, 0.6) is 5.75 Å². The lowest BCUT2D eigenvalue weighted by Crippen LogP contribution is -2.48. The van der Waals surface area contributed by atoms with Crippen LogP contribution < -0.4 is 20.7 Å². The molecule has 5 amide bonds. The fourth-order valence-corrected chi connectivity index (χ4v) is 3.70. The number of hydrogen-bond acceptors (Lipinski definition) is 5. The van der Waals surface area contributed by atoms with Crippen LogP contribution in [0.1, 0.15) is 18.9 Å². The molecule has 0 unspecified atom stereocenters. The third-order valence-electron chi connectivity index (χ3n) is 5.05. The van der Waals surface area contributed by atoms with Crippen molar-refractivity contribution < 1.29 is 23.9 Å². The molecule has 0 aromatic heterocycles. The standard InChI is InChI=1S/C21H20N4O5/c1-13(26)22-14-6-8-15(9-7-14)23-18(27)12-25-19(28)21(24-20(25)29)10-11-30-17-5-3-2-4-16(17)21/h2-9H,10-12H2,1H3,(H,22,26)(H,23,27)(H,24,29)/t21-/m0/s1. The van der Waals surface area contributed by atoms with Crippen LogP contribution in [0.4, 0.5) is 16.2 Å². The van der Waals surface area contributed by atoms with Crippen LogP contribution in [0.2, 0.25) is 0 Å². The SMILES string of the molecule is CC(=O)Nc1ccc(NC(=O)CN2C(=O)N[C@]3(CCOc4ccccc43)C2=O)cc1. The summed E-state index contributed by atoms with van der Waals surface area (Å²) in [5, 5.41) is 8.04. The van der Waals surface area contributed by atoms with Gasteiger partial charge in [0.25, 0.3) is 5.91 Å². The molecule has 0 bridgehead atoms. The van der Waals surface area contributed by atoms with E-state index >= 15 is 0 Å². The third kappa shape index (κ3) is 3.45. The molecule has 1 atom stereocenters. The Morgan fingerprint density at radius 3 is 2.43 bits per heavy atom. The zero-order valence-corrected chi connectivity index (χ0v) is 16.2. The number of urea groups is 1. The predicted molar refractivity (Wildman–Crippen MR) is 108 cm³/mol. The molecule has 2 aromatic rings. The van der Waals surface area contributed by atoms with Crippen LogP contribution in [0.3, 0.4) is 0 Å². The second kappa shape index (κ2) is 7.51. The van der Waals surface area contributed by atoms with E-state index in [9.17, 15) is 19.2 Å². The molecule has 2 heterocycles. The topological polar surface area (TPSA) is 117 Å². The quantitative estimate of drug-likeness (QED) is 0.667. The molecule has 2 aromatic carbocycles. The number of hydrogen-bond donors (Lipinski definition) is 3. The fraction of sp³-hybridized carbons (Fsp3) is 0.238. The third-order valence-corrected chi connectivity index (χ3v) is 5.05. The van der Waals surface area contributed by atoms with E-state index < -0.39 is 29.9 Å². The van der Waals surface area contributed by atoms with Crippen LogP contribution >= 0.6 is 0 Å². The van der Waals surface area contributed by atoms with E-state index in [1.165, 1.54) is 6.92 Å². The van der Waals surface area contributed by atoms with E-state index in [0.29, 0.717) is 22.7 Å². The zero-order chi connectivity index (χ0) is 21.3. The molecule has 0 saturated carbocycles. The van der Waals surface area contributed by atoms with Crippen molar-refractivity contribution in [3.8, 4) is 5.75 Å². The molecule has 154 valence electrons. The van der Waals surface area contributed by atoms with Crippen LogP contribution in [-0.4, -0.2) is 41.8 Å². The van der Waals surface area contributed by atoms with Crippen molar-refractivity contribution in [3.05, 3.63) is 54.1 Å². The van der Waals surface area contributed by atoms with E-state index in [-0.39, 0.29) is 18.9 Å². The molecule has 9 heteroatoms. The smallest absolute Gasteiger partial charge is 0.325 e. The maximum absolute atomic E-state index is 13.2. The normalized spacial score (nSPS) is 19.7. The van der Waals surface area contributed by atoms with Crippen LogP contribution in [0.15, 0.2) is 48.5 Å². The van der Waals surface area contributed by atoms with Gasteiger partial charge < -0.3 is 20.7 Å². The molecule has 2 aliphatic rings. The lowest BCUT2D eigenvalue weighted by Gasteiger charge is -2.33. The van der Waals surface area contributed by atoms with Gasteiger partial charge in [0.2, 0.25) is 11.8 Å². The molecule has 30 heavy (non-hydrogen) atoms. The first kappa shape index (κ1) is 19.4. The minimum Gasteiger partial charge on any atom is -0.493 e. The molecule has 1 saturated heterocycles. The van der Waals surface area contributed by atoms with Gasteiger partial charge in [0.1, 0.15) is 12.3 Å². The Morgan fingerprint density at radius 1 is 1.07 bits per heavy atom. The van der Waals surface area contributed by atoms with Gasteiger partial charge in [-0.2, -0.15) is 0 Å². The van der Waals surface area contributed by atoms with Crippen molar-refractivity contribution in [2.75, 3.05) is 23.8 Å². The van der Waals surface area contributed by atoms with Crippen LogP contribution in [-0.2, 0) is 19.9 Å². The van der Waals surface area contributed by atoms with Crippen molar-refractivity contribution in [2.24, 2.45) is 0 Å². The largest absolute Gasteiger partial charge is 0.493 e. The van der Waals surface area contributed by atoms with E-state index in [0.717, 1.165) is 4.90 Å². The first-order chi connectivity index (χ1) is 14.4. The lowest BCUT2D eigenvalue weighted by molar-refractivity contribution is -0.135. The summed E-state index contributed by atoms with van der Waals surface area (Å²) in [6.07, 6.45) is 0.289. The highest BCUT2D eigenvalue weighted by Crippen LogP contribution is 2.40. The van der Waals surface area contributed by atoms with Crippen molar-refractivity contribution in [1.29, 1.82) is 0 Å². The molecule has 0 aliphatic carbocycles. The van der Waals surface area contributed by atoms with Gasteiger partial charge in [0, 0.05) is 30.3 Å². The highest BCUT2D eigenvalue weighted by molar-refractivity contribution is 6.10. The summed E-state index contributed by atoms with van der Waals surface area (Å²) in [6, 6.07) is 12.9. The monoisotopic (exact) mass is 408 g/mol. The van der Waals surface area contributed by atoms with Crippen LogP contribution in [0, 0.1) is 0 Å². The number of para-hydroxylation sites is 1. The van der Waals surface area contributed by atoms with Gasteiger partial charge in [-0.25, -0.2) is 4.79 Å². The van der Waals surface area contributed by atoms with Gasteiger partial charge in [0.05, 0.1) is 6.61 Å². The minimum absolute atomic E-state index is 0.200. The Morgan fingerprint density at radius 2 is 1.73 bits per heavy atom. The van der Waals surface area contributed by atoms with Crippen LogP contribution in [0.25, 0.3) is 0 Å². The molecule has 9 nitrogen and oxygen atoms in total. The number of imide groups is 1. The zero-order valence-electron chi connectivity index (χ0n) is 16.2. The molecule has 4 rings (SSSR count). The Kier molecular flexibility index (Phi) is 4.86. The highest BCUT2D eigenvalue weighted by atomic mass is 16.5. The average Bonchev–Trinajstić information content (AvgIpc) is 2.94. The number of anilines is 2. The number of nitrogens with one attached hydrogen (secondary N) is 3. The summed E-state index contributed by atoms with van der Waals surface area (Å²) in [5.41, 5.74) is 0.444. The van der Waals surface area contributed by atoms with Gasteiger partial charge in [-0.3, -0.25) is 19.3 Å². The number of nitrogens with zero attached hydrogens (tertiary/aromatic N) is 1. The summed E-state index contributed by atoms with van der Waals surface area (Å²) < 4.78 is 5.60. The Balaban J connectivity index is 1.47. The van der Waals surface area contributed by atoms with Crippen molar-refractivity contribution in [3.63, 3.8) is 0 Å². The van der Waals surface area contributed by atoms with Gasteiger partial charge in [-0.05, 0) is 30.3 Å². The summed E-state index contributed by atoms with van der Waals surface area (Å²) in [6.45, 7) is 1.27. The van der Waals surface area contributed by atoms with Crippen molar-refractivity contribution in [2.45, 2.75) is 18.9 Å². The summed E-state index contributed by atoms with van der Waals surface area (Å²) in [4.78, 5) is 50.1. The molecule has 1 spiro atoms. The van der Waals surface area contributed by atoms with Gasteiger partial charge >= 0.3 is 6.03 Å². The first-order valence-corrected chi connectivity index (χ1v) is 9.43. The lowest BCUT2D eigenvalue weighted by atomic mass is 9.84. The highest BCUT2D eigenvalue weighted by Gasteiger charge is 2.55. The molecular formula is C21H20N4O5. The number of ether oxygens (including phenoxy) is 1. The number of fused-ring (bicyclic) bond motifs is 2. The Bertz CT molecular complexity index is 1040. The molecule has 1 fully saturated rings. The van der Waals surface area contributed by atoms with Gasteiger partial charge in [0.15, 0.2) is 5.54 Å². The van der Waals surface area contributed by atoms with E-state index in [4.69, 9.17) is 4.74 Å². The van der Waals surface area contributed by atoms with E-state index in [1.54, 1.807) is 48.5 Å². The van der Waals surface area contributed by atoms with Gasteiger partial charge in [-0.15, -0.1) is 0 Å². The Hall–Kier alpha value is -3.88. The maximum atomic E-state index is 13.2. The number of amides is 5. The molecular weight excluding hydrogens is 388 g/mol. The summed E-state index contributed by atoms with van der Waals surface area (Å²) in [5.74, 6) is -0.639. The van der Waals surface area contributed by atoms with E-state index in [2.05, 4.69) is 16.0 Å². The predicted octanol–water partition coefficient (Wildman–Crippen LogP) is 1.81. The minimum atomic E-state index is -1.22. The second-order valence-electron chi connectivity index (χ2n) is 7.13. The first-order valence-electron chi connectivity index (χ1n) is 9.43.